The van der Waals surface area contributed by atoms with Gasteiger partial charge < -0.3 is 19.7 Å². The number of benzene rings is 2. The summed E-state index contributed by atoms with van der Waals surface area (Å²) in [5, 5.41) is 2.85. The summed E-state index contributed by atoms with van der Waals surface area (Å²) in [5.74, 6) is 1.26. The lowest BCUT2D eigenvalue weighted by molar-refractivity contribution is -0.118. The number of anilines is 2. The molecule has 3 rings (SSSR count). The van der Waals surface area contributed by atoms with E-state index in [9.17, 15) is 9.59 Å². The molecule has 6 nitrogen and oxygen atoms in total. The Hall–Kier alpha value is -3.02. The summed E-state index contributed by atoms with van der Waals surface area (Å²) in [4.78, 5) is 25.8. The van der Waals surface area contributed by atoms with Crippen LogP contribution in [0.4, 0.5) is 11.4 Å². The van der Waals surface area contributed by atoms with E-state index in [1.807, 2.05) is 12.1 Å². The van der Waals surface area contributed by atoms with E-state index in [0.29, 0.717) is 30.2 Å². The molecule has 0 saturated carbocycles. The molecule has 0 aliphatic carbocycles. The van der Waals surface area contributed by atoms with Crippen molar-refractivity contribution in [1.82, 2.24) is 0 Å². The summed E-state index contributed by atoms with van der Waals surface area (Å²) in [5.41, 5.74) is 2.21. The Labute approximate surface area is 146 Å². The number of carbonyl (C=O) groups is 2. The Morgan fingerprint density at radius 2 is 2.00 bits per heavy atom. The number of nitrogens with one attached hydrogen (secondary N) is 1. The van der Waals surface area contributed by atoms with Crippen molar-refractivity contribution in [1.29, 1.82) is 0 Å². The van der Waals surface area contributed by atoms with Crippen molar-refractivity contribution in [2.75, 3.05) is 31.0 Å². The van der Waals surface area contributed by atoms with Crippen molar-refractivity contribution in [2.45, 2.75) is 12.8 Å². The topological polar surface area (TPSA) is 67.9 Å². The Kier molecular flexibility index (Phi) is 4.88. The average Bonchev–Trinajstić information content (AvgIpc) is 2.75. The van der Waals surface area contributed by atoms with Crippen molar-refractivity contribution < 1.29 is 19.1 Å². The lowest BCUT2D eigenvalue weighted by Crippen LogP contribution is -2.25. The van der Waals surface area contributed by atoms with Gasteiger partial charge in [-0.05, 0) is 42.0 Å². The molecule has 0 atom stereocenters. The Balaban J connectivity index is 1.71. The number of hydrogen-bond acceptors (Lipinski definition) is 4. The van der Waals surface area contributed by atoms with Crippen LogP contribution in [0.1, 0.15) is 12.0 Å². The van der Waals surface area contributed by atoms with Crippen LogP contribution in [0, 0.1) is 0 Å². The Morgan fingerprint density at radius 3 is 2.72 bits per heavy atom. The monoisotopic (exact) mass is 340 g/mol. The molecule has 25 heavy (non-hydrogen) atoms. The van der Waals surface area contributed by atoms with Crippen LogP contribution in [0.25, 0.3) is 0 Å². The quantitative estimate of drug-likeness (QED) is 0.929. The van der Waals surface area contributed by atoms with Crippen LogP contribution in [-0.2, 0) is 16.0 Å². The minimum Gasteiger partial charge on any atom is -0.497 e. The van der Waals surface area contributed by atoms with E-state index in [-0.39, 0.29) is 18.2 Å². The number of rotatable bonds is 4. The van der Waals surface area contributed by atoms with Crippen LogP contribution in [0.2, 0.25) is 0 Å². The van der Waals surface area contributed by atoms with Gasteiger partial charge in [-0.1, -0.05) is 6.07 Å². The van der Waals surface area contributed by atoms with Gasteiger partial charge in [-0.2, -0.15) is 0 Å². The molecule has 0 radical (unpaired) electrons. The first-order valence-electron chi connectivity index (χ1n) is 8.03. The summed E-state index contributed by atoms with van der Waals surface area (Å²) in [6, 6.07) is 12.6. The predicted molar refractivity (Wildman–Crippen MR) is 95.3 cm³/mol. The van der Waals surface area contributed by atoms with Crippen LogP contribution >= 0.6 is 0 Å². The van der Waals surface area contributed by atoms with E-state index in [1.54, 1.807) is 49.4 Å². The van der Waals surface area contributed by atoms with Gasteiger partial charge in [-0.25, -0.2) is 0 Å². The third-order valence-corrected chi connectivity index (χ3v) is 4.07. The van der Waals surface area contributed by atoms with Gasteiger partial charge in [0.15, 0.2) is 0 Å². The molecule has 2 aromatic carbocycles. The van der Waals surface area contributed by atoms with Crippen LogP contribution in [0.5, 0.6) is 11.5 Å². The molecule has 130 valence electrons. The highest BCUT2D eigenvalue weighted by Gasteiger charge is 2.20. The largest absolute Gasteiger partial charge is 0.497 e. The summed E-state index contributed by atoms with van der Waals surface area (Å²) < 4.78 is 10.7. The second-order valence-electron chi connectivity index (χ2n) is 5.81. The van der Waals surface area contributed by atoms with Crippen molar-refractivity contribution in [3.63, 3.8) is 0 Å². The highest BCUT2D eigenvalue weighted by Crippen LogP contribution is 2.31. The van der Waals surface area contributed by atoms with Crippen molar-refractivity contribution in [3.05, 3.63) is 48.0 Å². The number of ether oxygens (including phenoxy) is 2. The number of hydrogen-bond donors (Lipinski definition) is 1. The number of fused-ring (bicyclic) bond motifs is 1. The van der Waals surface area contributed by atoms with Gasteiger partial charge >= 0.3 is 0 Å². The molecule has 2 aromatic rings. The molecular formula is C19H20N2O4. The Bertz CT molecular complexity index is 787. The summed E-state index contributed by atoms with van der Waals surface area (Å²) in [6.07, 6.45) is 0.555. The molecule has 0 saturated heterocycles. The third-order valence-electron chi connectivity index (χ3n) is 4.07. The molecule has 0 unspecified atom stereocenters. The predicted octanol–water partition coefficient (Wildman–Crippen LogP) is 2.62. The highest BCUT2D eigenvalue weighted by atomic mass is 16.5. The molecular weight excluding hydrogens is 320 g/mol. The lowest BCUT2D eigenvalue weighted by atomic mass is 10.1. The van der Waals surface area contributed by atoms with E-state index in [4.69, 9.17) is 9.47 Å². The van der Waals surface area contributed by atoms with Crippen LogP contribution in [0.15, 0.2) is 42.5 Å². The molecule has 6 heteroatoms. The Morgan fingerprint density at radius 1 is 1.24 bits per heavy atom. The highest BCUT2D eigenvalue weighted by molar-refractivity contribution is 5.96. The van der Waals surface area contributed by atoms with Gasteiger partial charge in [0.1, 0.15) is 11.5 Å². The van der Waals surface area contributed by atoms with Gasteiger partial charge in [0.05, 0.1) is 32.2 Å². The molecule has 1 N–H and O–H groups in total. The average molecular weight is 340 g/mol. The first-order chi connectivity index (χ1) is 12.1. The van der Waals surface area contributed by atoms with Crippen molar-refractivity contribution >= 4 is 23.2 Å². The molecule has 0 aromatic heterocycles. The minimum atomic E-state index is -0.131. The van der Waals surface area contributed by atoms with Crippen molar-refractivity contribution in [2.24, 2.45) is 0 Å². The summed E-state index contributed by atoms with van der Waals surface area (Å²) in [7, 11) is 3.31. The van der Waals surface area contributed by atoms with Gasteiger partial charge in [0.2, 0.25) is 11.8 Å². The molecule has 0 spiro atoms. The van der Waals surface area contributed by atoms with E-state index in [2.05, 4.69) is 5.32 Å². The second-order valence-corrected chi connectivity index (χ2v) is 5.81. The number of carbonyl (C=O) groups excluding carboxylic acids is 2. The fourth-order valence-electron chi connectivity index (χ4n) is 2.67. The van der Waals surface area contributed by atoms with Gasteiger partial charge in [-0.3, -0.25) is 9.59 Å². The SMILES string of the molecule is COc1ccc(NC(=O)Cc2ccc3c(c2)N(C)C(=O)CCO3)cc1. The first-order valence-corrected chi connectivity index (χ1v) is 8.03. The fraction of sp³-hybridized carbons (Fsp3) is 0.263. The van der Waals surface area contributed by atoms with Gasteiger partial charge in [-0.15, -0.1) is 0 Å². The molecule has 2 amide bonds. The van der Waals surface area contributed by atoms with Crippen LogP contribution in [-0.4, -0.2) is 32.6 Å². The van der Waals surface area contributed by atoms with E-state index >= 15 is 0 Å². The standard InChI is InChI=1S/C19H20N2O4/c1-21-16-11-13(3-8-17(16)25-10-9-19(21)23)12-18(22)20-14-4-6-15(24-2)7-5-14/h3-8,11H,9-10,12H2,1-2H3,(H,20,22). The van der Waals surface area contributed by atoms with Crippen molar-refractivity contribution in [3.8, 4) is 11.5 Å². The van der Waals surface area contributed by atoms with E-state index in [0.717, 1.165) is 11.3 Å². The zero-order valence-electron chi connectivity index (χ0n) is 14.2. The number of amides is 2. The molecule has 0 bridgehead atoms. The summed E-state index contributed by atoms with van der Waals surface area (Å²) >= 11 is 0. The van der Waals surface area contributed by atoms with Crippen LogP contribution in [0.3, 0.4) is 0 Å². The maximum atomic E-state index is 12.3. The number of methoxy groups -OCH3 is 1. The molecule has 0 fully saturated rings. The summed E-state index contributed by atoms with van der Waals surface area (Å²) in [6.45, 7) is 0.369. The van der Waals surface area contributed by atoms with E-state index < -0.39 is 0 Å². The maximum absolute atomic E-state index is 12.3. The van der Waals surface area contributed by atoms with E-state index in [1.165, 1.54) is 0 Å². The minimum absolute atomic E-state index is 0.00131. The third kappa shape index (κ3) is 3.91. The van der Waals surface area contributed by atoms with Crippen LogP contribution < -0.4 is 19.7 Å². The lowest BCUT2D eigenvalue weighted by Gasteiger charge is -2.17. The zero-order valence-corrected chi connectivity index (χ0v) is 14.2. The van der Waals surface area contributed by atoms with Gasteiger partial charge in [0, 0.05) is 12.7 Å². The first kappa shape index (κ1) is 16.8. The second kappa shape index (κ2) is 7.25. The molecule has 1 heterocycles. The molecule has 1 aliphatic rings. The maximum Gasteiger partial charge on any atom is 0.230 e. The van der Waals surface area contributed by atoms with Gasteiger partial charge in [0.25, 0.3) is 0 Å². The smallest absolute Gasteiger partial charge is 0.230 e. The zero-order chi connectivity index (χ0) is 17.8. The number of nitrogens with zero attached hydrogens (tertiary/aromatic N) is 1. The molecule has 1 aliphatic heterocycles. The normalized spacial score (nSPS) is 13.5. The fourth-order valence-corrected chi connectivity index (χ4v) is 2.67.